The summed E-state index contributed by atoms with van der Waals surface area (Å²) < 4.78 is 41.1. The van der Waals surface area contributed by atoms with Crippen molar-refractivity contribution in [3.63, 3.8) is 0 Å². The topological polar surface area (TPSA) is 158 Å². The molecule has 0 saturated carbocycles. The standard InChI is InChI=1S/C24H20ClF3N8O4/c1-11(37)29-21-15-4-2-12(6-18(15)31-33-21)19-10-36(34-32-19)14-8-20(35(9-14)23(39)40)22(38)30-13-3-5-17(25)16(7-13)24(26,27)28/h2-7,10,14,20H,8-9H2,1H3,(H,30,38)(H,39,40)(H2,29,31,33,37). The number of amides is 3. The molecule has 4 N–H and O–H groups in total. The summed E-state index contributed by atoms with van der Waals surface area (Å²) in [5.41, 5.74) is 0.479. The second-order valence-electron chi connectivity index (χ2n) is 9.12. The van der Waals surface area contributed by atoms with Crippen LogP contribution in [0, 0.1) is 0 Å². The van der Waals surface area contributed by atoms with Crippen LogP contribution in [0.15, 0.2) is 42.6 Å². The lowest BCUT2D eigenvalue weighted by atomic mass is 10.1. The average molecular weight is 577 g/mol. The van der Waals surface area contributed by atoms with Crippen LogP contribution in [0.4, 0.5) is 29.5 Å². The van der Waals surface area contributed by atoms with Gasteiger partial charge >= 0.3 is 12.3 Å². The van der Waals surface area contributed by atoms with E-state index in [1.165, 1.54) is 17.7 Å². The van der Waals surface area contributed by atoms with E-state index in [1.54, 1.807) is 24.4 Å². The largest absolute Gasteiger partial charge is 0.465 e. The molecule has 0 radical (unpaired) electrons. The van der Waals surface area contributed by atoms with Gasteiger partial charge in [-0.3, -0.25) is 19.6 Å². The third-order valence-corrected chi connectivity index (χ3v) is 6.73. The van der Waals surface area contributed by atoms with Crippen molar-refractivity contribution in [1.82, 2.24) is 30.1 Å². The molecule has 40 heavy (non-hydrogen) atoms. The fourth-order valence-corrected chi connectivity index (χ4v) is 4.76. The van der Waals surface area contributed by atoms with E-state index >= 15 is 0 Å². The number of nitrogens with one attached hydrogen (secondary N) is 3. The minimum absolute atomic E-state index is 0.0142. The van der Waals surface area contributed by atoms with Gasteiger partial charge in [-0.1, -0.05) is 22.9 Å². The lowest BCUT2D eigenvalue weighted by molar-refractivity contribution is -0.137. The molecule has 1 fully saturated rings. The molecule has 16 heteroatoms. The van der Waals surface area contributed by atoms with Crippen molar-refractivity contribution < 1.29 is 32.7 Å². The molecule has 2 aromatic heterocycles. The van der Waals surface area contributed by atoms with Gasteiger partial charge in [0.05, 0.1) is 28.3 Å². The van der Waals surface area contributed by atoms with Gasteiger partial charge in [-0.25, -0.2) is 9.48 Å². The van der Waals surface area contributed by atoms with Crippen LogP contribution in [-0.2, 0) is 15.8 Å². The number of carbonyl (C=O) groups excluding carboxylic acids is 2. The predicted octanol–water partition coefficient (Wildman–Crippen LogP) is 4.38. The Labute approximate surface area is 228 Å². The molecule has 4 aromatic rings. The molecule has 12 nitrogen and oxygen atoms in total. The minimum atomic E-state index is -4.73. The normalized spacial score (nSPS) is 17.3. The Kier molecular flexibility index (Phi) is 6.83. The molecule has 3 amide bonds. The van der Waals surface area contributed by atoms with Crippen molar-refractivity contribution in [1.29, 1.82) is 0 Å². The van der Waals surface area contributed by atoms with Crippen molar-refractivity contribution in [3.05, 3.63) is 53.2 Å². The lowest BCUT2D eigenvalue weighted by Crippen LogP contribution is -2.42. The number of benzene rings is 2. The van der Waals surface area contributed by atoms with Crippen molar-refractivity contribution in [2.45, 2.75) is 31.6 Å². The first kappa shape index (κ1) is 26.9. The van der Waals surface area contributed by atoms with Crippen LogP contribution < -0.4 is 10.6 Å². The number of anilines is 2. The monoisotopic (exact) mass is 576 g/mol. The summed E-state index contributed by atoms with van der Waals surface area (Å²) in [5, 5.41) is 30.0. The molecular weight excluding hydrogens is 557 g/mol. The maximum Gasteiger partial charge on any atom is 0.417 e. The molecule has 2 unspecified atom stereocenters. The number of halogens is 4. The lowest BCUT2D eigenvalue weighted by Gasteiger charge is -2.20. The number of fused-ring (bicyclic) bond motifs is 1. The summed E-state index contributed by atoms with van der Waals surface area (Å²) in [6.07, 6.45) is -4.48. The molecular formula is C24H20ClF3N8O4. The first-order chi connectivity index (χ1) is 18.9. The molecule has 208 valence electrons. The quantitative estimate of drug-likeness (QED) is 0.274. The van der Waals surface area contributed by atoms with Crippen molar-refractivity contribution in [2.24, 2.45) is 0 Å². The molecule has 0 bridgehead atoms. The van der Waals surface area contributed by atoms with Gasteiger partial charge in [-0.05, 0) is 30.3 Å². The molecule has 2 aromatic carbocycles. The Hall–Kier alpha value is -4.66. The Morgan fingerprint density at radius 3 is 2.62 bits per heavy atom. The number of nitrogens with zero attached hydrogens (tertiary/aromatic N) is 5. The highest BCUT2D eigenvalue weighted by atomic mass is 35.5. The Bertz CT molecular complexity index is 1640. The first-order valence-corrected chi connectivity index (χ1v) is 12.1. The van der Waals surface area contributed by atoms with Gasteiger partial charge in [-0.2, -0.15) is 18.3 Å². The van der Waals surface area contributed by atoms with E-state index < -0.39 is 40.8 Å². The zero-order valence-electron chi connectivity index (χ0n) is 20.5. The molecule has 0 aliphatic carbocycles. The summed E-state index contributed by atoms with van der Waals surface area (Å²) in [6, 6.07) is 6.42. The SMILES string of the molecule is CC(=O)Nc1n[nH]c2cc(-c3cn(C4CC(C(=O)Nc5ccc(Cl)c(C(F)(F)F)c5)N(C(=O)O)C4)nn3)ccc12. The highest BCUT2D eigenvalue weighted by Gasteiger charge is 2.41. The van der Waals surface area contributed by atoms with E-state index in [0.717, 1.165) is 11.0 Å². The van der Waals surface area contributed by atoms with Gasteiger partial charge < -0.3 is 15.7 Å². The number of rotatable bonds is 5. The maximum absolute atomic E-state index is 13.2. The van der Waals surface area contributed by atoms with E-state index in [4.69, 9.17) is 11.6 Å². The van der Waals surface area contributed by atoms with Crippen molar-refractivity contribution >= 4 is 51.9 Å². The van der Waals surface area contributed by atoms with Crippen LogP contribution >= 0.6 is 11.6 Å². The Balaban J connectivity index is 1.34. The minimum Gasteiger partial charge on any atom is -0.465 e. The second-order valence-corrected chi connectivity index (χ2v) is 9.53. The number of likely N-dealkylation sites (tertiary alicyclic amines) is 1. The summed E-state index contributed by atoms with van der Waals surface area (Å²) in [6.45, 7) is 1.28. The van der Waals surface area contributed by atoms with E-state index in [9.17, 15) is 32.7 Å². The summed E-state index contributed by atoms with van der Waals surface area (Å²) in [7, 11) is 0. The Morgan fingerprint density at radius 1 is 1.15 bits per heavy atom. The van der Waals surface area contributed by atoms with Crippen LogP contribution in [-0.4, -0.2) is 65.7 Å². The van der Waals surface area contributed by atoms with Crippen LogP contribution in [0.5, 0.6) is 0 Å². The fourth-order valence-electron chi connectivity index (χ4n) is 4.54. The van der Waals surface area contributed by atoms with E-state index in [-0.39, 0.29) is 24.6 Å². The summed E-state index contributed by atoms with van der Waals surface area (Å²) in [4.78, 5) is 37.1. The van der Waals surface area contributed by atoms with Gasteiger partial charge in [0.2, 0.25) is 11.8 Å². The molecule has 5 rings (SSSR count). The second kappa shape index (κ2) is 10.1. The molecule has 1 aliphatic heterocycles. The van der Waals surface area contributed by atoms with Gasteiger partial charge in [0.1, 0.15) is 11.7 Å². The third-order valence-electron chi connectivity index (χ3n) is 6.40. The Morgan fingerprint density at radius 2 is 1.93 bits per heavy atom. The van der Waals surface area contributed by atoms with E-state index in [0.29, 0.717) is 34.0 Å². The molecule has 3 heterocycles. The van der Waals surface area contributed by atoms with E-state index in [1.807, 2.05) is 0 Å². The van der Waals surface area contributed by atoms with Crippen LogP contribution in [0.1, 0.15) is 24.9 Å². The van der Waals surface area contributed by atoms with Crippen LogP contribution in [0.2, 0.25) is 5.02 Å². The van der Waals surface area contributed by atoms with Gasteiger partial charge in [0, 0.05) is 36.5 Å². The molecule has 2 atom stereocenters. The summed E-state index contributed by atoms with van der Waals surface area (Å²) in [5.74, 6) is -0.672. The smallest absolute Gasteiger partial charge is 0.417 e. The third kappa shape index (κ3) is 5.27. The fraction of sp³-hybridized carbons (Fsp3) is 0.250. The van der Waals surface area contributed by atoms with E-state index in [2.05, 4.69) is 31.1 Å². The maximum atomic E-state index is 13.2. The van der Waals surface area contributed by atoms with Gasteiger partial charge in [0.25, 0.3) is 0 Å². The predicted molar refractivity (Wildman–Crippen MR) is 137 cm³/mol. The number of carboxylic acid groups (broad SMARTS) is 1. The average Bonchev–Trinajstić information content (AvgIpc) is 3.62. The number of alkyl halides is 3. The number of hydrogen-bond acceptors (Lipinski definition) is 6. The first-order valence-electron chi connectivity index (χ1n) is 11.8. The molecule has 1 saturated heterocycles. The van der Waals surface area contributed by atoms with Gasteiger partial charge in [0.15, 0.2) is 5.82 Å². The molecule has 1 aliphatic rings. The highest BCUT2D eigenvalue weighted by molar-refractivity contribution is 6.31. The van der Waals surface area contributed by atoms with Crippen LogP contribution in [0.3, 0.4) is 0 Å². The van der Waals surface area contributed by atoms with Crippen molar-refractivity contribution in [2.75, 3.05) is 17.2 Å². The van der Waals surface area contributed by atoms with Gasteiger partial charge in [-0.15, -0.1) is 5.10 Å². The number of H-pyrrole nitrogens is 1. The zero-order valence-corrected chi connectivity index (χ0v) is 21.3. The number of carbonyl (C=O) groups is 3. The zero-order chi connectivity index (χ0) is 28.8. The summed E-state index contributed by atoms with van der Waals surface area (Å²) >= 11 is 5.64. The number of hydrogen-bond donors (Lipinski definition) is 4. The molecule has 0 spiro atoms. The van der Waals surface area contributed by atoms with Crippen molar-refractivity contribution in [3.8, 4) is 11.3 Å². The number of aromatic amines is 1. The van der Waals surface area contributed by atoms with Crippen LogP contribution in [0.25, 0.3) is 22.2 Å². The number of aromatic nitrogens is 5. The highest BCUT2D eigenvalue weighted by Crippen LogP contribution is 2.37.